The Kier molecular flexibility index (Phi) is 3.69. The summed E-state index contributed by atoms with van der Waals surface area (Å²) in [4.78, 5) is 8.84. The Bertz CT molecular complexity index is 1040. The van der Waals surface area contributed by atoms with Crippen molar-refractivity contribution in [1.82, 2.24) is 19.7 Å². The molecule has 5 heteroatoms. The van der Waals surface area contributed by atoms with Crippen LogP contribution in [0.4, 0.5) is 11.5 Å². The highest BCUT2D eigenvalue weighted by atomic mass is 15.3. The normalized spacial score (nSPS) is 11.0. The van der Waals surface area contributed by atoms with Crippen molar-refractivity contribution in [2.75, 3.05) is 5.32 Å². The first-order valence-corrected chi connectivity index (χ1v) is 8.21. The van der Waals surface area contributed by atoms with Gasteiger partial charge in [0.15, 0.2) is 5.65 Å². The number of aromatic nitrogens is 4. The molecule has 0 fully saturated rings. The molecule has 0 atom stereocenters. The van der Waals surface area contributed by atoms with E-state index in [9.17, 15) is 0 Å². The fraction of sp³-hybridized carbons (Fsp3) is 0.150. The SMILES string of the molecule is Cc1cc(C)cc(Nc2ncnc3c2cnn3-c2cccc(C)c2)c1. The Hall–Kier alpha value is -3.21. The molecule has 0 aliphatic rings. The first-order chi connectivity index (χ1) is 12.1. The van der Waals surface area contributed by atoms with Crippen LogP contribution >= 0.6 is 0 Å². The van der Waals surface area contributed by atoms with Crippen LogP contribution in [0.3, 0.4) is 0 Å². The van der Waals surface area contributed by atoms with Crippen LogP contribution in [0.15, 0.2) is 55.0 Å². The predicted octanol–water partition coefficient (Wildman–Crippen LogP) is 4.48. The van der Waals surface area contributed by atoms with E-state index in [0.717, 1.165) is 28.2 Å². The number of nitrogens with zero attached hydrogens (tertiary/aromatic N) is 4. The van der Waals surface area contributed by atoms with Gasteiger partial charge in [-0.25, -0.2) is 14.6 Å². The molecule has 4 aromatic rings. The minimum Gasteiger partial charge on any atom is -0.340 e. The molecule has 0 saturated carbocycles. The summed E-state index contributed by atoms with van der Waals surface area (Å²) >= 11 is 0. The number of hydrogen-bond acceptors (Lipinski definition) is 4. The Labute approximate surface area is 146 Å². The molecule has 0 radical (unpaired) electrons. The molecule has 25 heavy (non-hydrogen) atoms. The maximum Gasteiger partial charge on any atom is 0.168 e. The lowest BCUT2D eigenvalue weighted by Crippen LogP contribution is -2.00. The summed E-state index contributed by atoms with van der Waals surface area (Å²) in [5, 5.41) is 8.81. The van der Waals surface area contributed by atoms with Crippen molar-refractivity contribution in [2.24, 2.45) is 0 Å². The van der Waals surface area contributed by atoms with Crippen LogP contribution in [0.2, 0.25) is 0 Å². The lowest BCUT2D eigenvalue weighted by atomic mass is 10.1. The Morgan fingerprint density at radius 2 is 1.68 bits per heavy atom. The maximum absolute atomic E-state index is 4.52. The van der Waals surface area contributed by atoms with E-state index in [1.54, 1.807) is 6.33 Å². The third-order valence-electron chi connectivity index (χ3n) is 4.10. The summed E-state index contributed by atoms with van der Waals surface area (Å²) in [5.74, 6) is 0.758. The van der Waals surface area contributed by atoms with E-state index in [1.807, 2.05) is 23.0 Å². The van der Waals surface area contributed by atoms with E-state index in [2.05, 4.69) is 71.5 Å². The van der Waals surface area contributed by atoms with E-state index in [1.165, 1.54) is 16.7 Å². The molecule has 0 saturated heterocycles. The summed E-state index contributed by atoms with van der Waals surface area (Å²) < 4.78 is 1.84. The van der Waals surface area contributed by atoms with Crippen LogP contribution in [0, 0.1) is 20.8 Å². The highest BCUT2D eigenvalue weighted by molar-refractivity contribution is 5.89. The lowest BCUT2D eigenvalue weighted by molar-refractivity contribution is 0.894. The Balaban J connectivity index is 1.79. The number of fused-ring (bicyclic) bond motifs is 1. The van der Waals surface area contributed by atoms with Gasteiger partial charge in [0.05, 0.1) is 17.3 Å². The molecule has 124 valence electrons. The van der Waals surface area contributed by atoms with Gasteiger partial charge in [-0.15, -0.1) is 0 Å². The molecule has 0 aliphatic carbocycles. The molecule has 5 nitrogen and oxygen atoms in total. The molecule has 4 rings (SSSR count). The molecule has 1 N–H and O–H groups in total. The zero-order chi connectivity index (χ0) is 17.4. The van der Waals surface area contributed by atoms with Gasteiger partial charge in [0, 0.05) is 5.69 Å². The van der Waals surface area contributed by atoms with Crippen LogP contribution in [0.1, 0.15) is 16.7 Å². The fourth-order valence-corrected chi connectivity index (χ4v) is 3.08. The predicted molar refractivity (Wildman–Crippen MR) is 101 cm³/mol. The fourth-order valence-electron chi connectivity index (χ4n) is 3.08. The largest absolute Gasteiger partial charge is 0.340 e. The summed E-state index contributed by atoms with van der Waals surface area (Å²) in [7, 11) is 0. The van der Waals surface area contributed by atoms with Crippen molar-refractivity contribution < 1.29 is 0 Å². The average molecular weight is 329 g/mol. The highest BCUT2D eigenvalue weighted by Crippen LogP contribution is 2.25. The molecular weight excluding hydrogens is 310 g/mol. The van der Waals surface area contributed by atoms with Crippen molar-refractivity contribution in [1.29, 1.82) is 0 Å². The second-order valence-corrected chi connectivity index (χ2v) is 6.36. The van der Waals surface area contributed by atoms with Gasteiger partial charge >= 0.3 is 0 Å². The van der Waals surface area contributed by atoms with Gasteiger partial charge in [-0.2, -0.15) is 5.10 Å². The quantitative estimate of drug-likeness (QED) is 0.602. The third kappa shape index (κ3) is 2.96. The van der Waals surface area contributed by atoms with Crippen molar-refractivity contribution in [3.8, 4) is 5.69 Å². The summed E-state index contributed by atoms with van der Waals surface area (Å²) in [5.41, 5.74) is 6.40. The molecular formula is C20H19N5. The monoisotopic (exact) mass is 329 g/mol. The number of aryl methyl sites for hydroxylation is 3. The number of hydrogen-bond donors (Lipinski definition) is 1. The van der Waals surface area contributed by atoms with E-state index in [0.29, 0.717) is 0 Å². The van der Waals surface area contributed by atoms with E-state index >= 15 is 0 Å². The first kappa shape index (κ1) is 15.3. The number of nitrogens with one attached hydrogen (secondary N) is 1. The summed E-state index contributed by atoms with van der Waals surface area (Å²) in [6.45, 7) is 6.24. The number of anilines is 2. The third-order valence-corrected chi connectivity index (χ3v) is 4.10. The zero-order valence-electron chi connectivity index (χ0n) is 14.5. The van der Waals surface area contributed by atoms with Crippen molar-refractivity contribution in [3.05, 3.63) is 71.7 Å². The van der Waals surface area contributed by atoms with Crippen LogP contribution in [-0.4, -0.2) is 19.7 Å². The molecule has 0 aliphatic heterocycles. The maximum atomic E-state index is 4.52. The van der Waals surface area contributed by atoms with E-state index in [-0.39, 0.29) is 0 Å². The molecule has 0 amide bonds. The van der Waals surface area contributed by atoms with Crippen molar-refractivity contribution in [3.63, 3.8) is 0 Å². The van der Waals surface area contributed by atoms with Gasteiger partial charge in [0.2, 0.25) is 0 Å². The van der Waals surface area contributed by atoms with Crippen LogP contribution in [0.5, 0.6) is 0 Å². The topological polar surface area (TPSA) is 55.6 Å². The number of rotatable bonds is 3. The van der Waals surface area contributed by atoms with Crippen LogP contribution < -0.4 is 5.32 Å². The van der Waals surface area contributed by atoms with Gasteiger partial charge in [0.1, 0.15) is 12.1 Å². The molecule has 2 aromatic heterocycles. The first-order valence-electron chi connectivity index (χ1n) is 8.21. The Morgan fingerprint density at radius 3 is 2.44 bits per heavy atom. The zero-order valence-corrected chi connectivity index (χ0v) is 14.5. The average Bonchev–Trinajstić information content (AvgIpc) is 2.99. The summed E-state index contributed by atoms with van der Waals surface area (Å²) in [6, 6.07) is 14.6. The van der Waals surface area contributed by atoms with Gasteiger partial charge in [-0.05, 0) is 61.7 Å². The molecule has 0 spiro atoms. The Morgan fingerprint density at radius 1 is 0.880 bits per heavy atom. The second-order valence-electron chi connectivity index (χ2n) is 6.36. The standard InChI is InChI=1S/C20H19N5/c1-13-5-4-6-17(10-13)25-20-18(11-23-25)19(21-12-22-20)24-16-8-14(2)7-15(3)9-16/h4-12H,1-3H3,(H,21,22,24). The van der Waals surface area contributed by atoms with Crippen LogP contribution in [-0.2, 0) is 0 Å². The van der Waals surface area contributed by atoms with Crippen molar-refractivity contribution in [2.45, 2.75) is 20.8 Å². The molecule has 2 aromatic carbocycles. The van der Waals surface area contributed by atoms with Gasteiger partial charge in [0.25, 0.3) is 0 Å². The van der Waals surface area contributed by atoms with Gasteiger partial charge in [-0.1, -0.05) is 18.2 Å². The smallest absolute Gasteiger partial charge is 0.168 e. The van der Waals surface area contributed by atoms with Gasteiger partial charge in [-0.3, -0.25) is 0 Å². The minimum absolute atomic E-state index is 0.758. The van der Waals surface area contributed by atoms with E-state index < -0.39 is 0 Å². The molecule has 0 bridgehead atoms. The number of benzene rings is 2. The van der Waals surface area contributed by atoms with Crippen LogP contribution in [0.25, 0.3) is 16.7 Å². The second kappa shape index (κ2) is 6.02. The molecule has 0 unspecified atom stereocenters. The van der Waals surface area contributed by atoms with E-state index in [4.69, 9.17) is 0 Å². The summed E-state index contributed by atoms with van der Waals surface area (Å²) in [6.07, 6.45) is 3.38. The van der Waals surface area contributed by atoms with Gasteiger partial charge < -0.3 is 5.32 Å². The minimum atomic E-state index is 0.758. The highest BCUT2D eigenvalue weighted by Gasteiger charge is 2.11. The lowest BCUT2D eigenvalue weighted by Gasteiger charge is -2.09. The molecule has 2 heterocycles. The van der Waals surface area contributed by atoms with Crippen molar-refractivity contribution >= 4 is 22.5 Å².